The zero-order chi connectivity index (χ0) is 15.6. The van der Waals surface area contributed by atoms with Crippen molar-refractivity contribution in [2.24, 2.45) is 0 Å². The third-order valence-corrected chi connectivity index (χ3v) is 4.02. The molecule has 1 N–H and O–H groups in total. The normalized spacial score (nSPS) is 13.0. The number of rotatable bonds is 3. The van der Waals surface area contributed by atoms with E-state index in [0.29, 0.717) is 0 Å². The summed E-state index contributed by atoms with van der Waals surface area (Å²) in [5, 5.41) is 3.35. The topological polar surface area (TPSA) is 41.1 Å². The van der Waals surface area contributed by atoms with Crippen molar-refractivity contribution in [2.75, 3.05) is 16.8 Å². The van der Waals surface area contributed by atoms with Crippen LogP contribution in [0.4, 0.5) is 23.1 Å². The first kappa shape index (κ1) is 13.8. The predicted molar refractivity (Wildman–Crippen MR) is 93.6 cm³/mol. The van der Waals surface area contributed by atoms with Gasteiger partial charge in [-0.05, 0) is 37.1 Å². The Bertz CT molecular complexity index is 830. The first-order chi connectivity index (χ1) is 11.3. The molecule has 1 aliphatic rings. The van der Waals surface area contributed by atoms with Gasteiger partial charge in [0.05, 0.1) is 0 Å². The highest BCUT2D eigenvalue weighted by atomic mass is 15.3. The van der Waals surface area contributed by atoms with Gasteiger partial charge in [-0.15, -0.1) is 0 Å². The summed E-state index contributed by atoms with van der Waals surface area (Å²) < 4.78 is 0. The van der Waals surface area contributed by atoms with Crippen LogP contribution in [0.25, 0.3) is 0 Å². The van der Waals surface area contributed by atoms with Crippen LogP contribution in [-0.2, 0) is 6.42 Å². The van der Waals surface area contributed by atoms with Crippen molar-refractivity contribution in [2.45, 2.75) is 13.3 Å². The van der Waals surface area contributed by atoms with Crippen LogP contribution in [0.2, 0.25) is 0 Å². The number of hydrogen-bond donors (Lipinski definition) is 1. The van der Waals surface area contributed by atoms with Crippen LogP contribution in [0.3, 0.4) is 0 Å². The maximum Gasteiger partial charge on any atom is 0.232 e. The van der Waals surface area contributed by atoms with Crippen molar-refractivity contribution in [3.63, 3.8) is 0 Å². The summed E-state index contributed by atoms with van der Waals surface area (Å²) in [6.07, 6.45) is 1.04. The van der Waals surface area contributed by atoms with Gasteiger partial charge in [0.15, 0.2) is 0 Å². The maximum absolute atomic E-state index is 4.71. The second kappa shape index (κ2) is 5.72. The molecule has 0 amide bonds. The van der Waals surface area contributed by atoms with Crippen molar-refractivity contribution >= 4 is 23.1 Å². The Hall–Kier alpha value is -2.88. The van der Waals surface area contributed by atoms with Crippen LogP contribution in [-0.4, -0.2) is 16.5 Å². The molecule has 0 fully saturated rings. The summed E-state index contributed by atoms with van der Waals surface area (Å²) >= 11 is 0. The van der Waals surface area contributed by atoms with E-state index in [4.69, 9.17) is 4.98 Å². The summed E-state index contributed by atoms with van der Waals surface area (Å²) in [5.41, 5.74) is 4.55. The number of hydrogen-bond acceptors (Lipinski definition) is 4. The SMILES string of the molecule is Cc1cc(Nc2ccccc2)nc(N2CCc3ccccc32)n1. The molecule has 4 rings (SSSR count). The standard InChI is InChI=1S/C19H18N4/c1-14-13-18(21-16-8-3-2-4-9-16)22-19(20-14)23-12-11-15-7-5-6-10-17(15)23/h2-10,13H,11-12H2,1H3,(H,20,21,22). The Kier molecular flexibility index (Phi) is 3.42. The van der Waals surface area contributed by atoms with E-state index in [-0.39, 0.29) is 0 Å². The lowest BCUT2D eigenvalue weighted by molar-refractivity contribution is 0.931. The number of aromatic nitrogens is 2. The predicted octanol–water partition coefficient (Wildman–Crippen LogP) is 4.22. The zero-order valence-electron chi connectivity index (χ0n) is 13.0. The fourth-order valence-corrected chi connectivity index (χ4v) is 2.95. The molecule has 2 heterocycles. The summed E-state index contributed by atoms with van der Waals surface area (Å²) in [7, 11) is 0. The van der Waals surface area contributed by atoms with Crippen molar-refractivity contribution < 1.29 is 0 Å². The fraction of sp³-hybridized carbons (Fsp3) is 0.158. The number of fused-ring (bicyclic) bond motifs is 1. The van der Waals surface area contributed by atoms with Crippen LogP contribution >= 0.6 is 0 Å². The Morgan fingerprint density at radius 3 is 2.61 bits per heavy atom. The second-order valence-corrected chi connectivity index (χ2v) is 5.72. The molecule has 0 spiro atoms. The molecule has 1 aliphatic heterocycles. The molecule has 23 heavy (non-hydrogen) atoms. The highest BCUT2D eigenvalue weighted by molar-refractivity contribution is 5.67. The summed E-state index contributed by atoms with van der Waals surface area (Å²) in [6.45, 7) is 2.93. The van der Waals surface area contributed by atoms with Gasteiger partial charge in [-0.1, -0.05) is 36.4 Å². The molecule has 0 saturated carbocycles. The van der Waals surface area contributed by atoms with Crippen molar-refractivity contribution in [3.05, 3.63) is 71.9 Å². The van der Waals surface area contributed by atoms with E-state index >= 15 is 0 Å². The van der Waals surface area contributed by atoms with Crippen LogP contribution in [0.15, 0.2) is 60.7 Å². The molecule has 0 radical (unpaired) electrons. The average molecular weight is 302 g/mol. The van der Waals surface area contributed by atoms with Gasteiger partial charge in [-0.2, -0.15) is 4.98 Å². The minimum absolute atomic E-state index is 0.758. The quantitative estimate of drug-likeness (QED) is 0.786. The van der Waals surface area contributed by atoms with Crippen molar-refractivity contribution in [3.8, 4) is 0 Å². The minimum atomic E-state index is 0.758. The molecule has 4 heteroatoms. The second-order valence-electron chi connectivity index (χ2n) is 5.72. The lowest BCUT2D eigenvalue weighted by Crippen LogP contribution is -2.17. The number of anilines is 4. The number of benzene rings is 2. The molecular weight excluding hydrogens is 284 g/mol. The van der Waals surface area contributed by atoms with E-state index in [2.05, 4.69) is 39.5 Å². The summed E-state index contributed by atoms with van der Waals surface area (Å²) in [4.78, 5) is 11.5. The van der Waals surface area contributed by atoms with Gasteiger partial charge in [0.25, 0.3) is 0 Å². The monoisotopic (exact) mass is 302 g/mol. The lowest BCUT2D eigenvalue weighted by atomic mass is 10.2. The van der Waals surface area contributed by atoms with Gasteiger partial charge in [-0.25, -0.2) is 4.98 Å². The van der Waals surface area contributed by atoms with E-state index in [1.54, 1.807) is 0 Å². The molecule has 0 atom stereocenters. The minimum Gasteiger partial charge on any atom is -0.340 e. The third kappa shape index (κ3) is 2.75. The molecule has 0 saturated heterocycles. The lowest BCUT2D eigenvalue weighted by Gasteiger charge is -2.18. The molecule has 0 aliphatic carbocycles. The molecule has 3 aromatic rings. The van der Waals surface area contributed by atoms with E-state index in [1.807, 2.05) is 43.3 Å². The Balaban J connectivity index is 1.68. The smallest absolute Gasteiger partial charge is 0.232 e. The molecular formula is C19H18N4. The van der Waals surface area contributed by atoms with Gasteiger partial charge < -0.3 is 10.2 Å². The van der Waals surface area contributed by atoms with Crippen LogP contribution in [0.5, 0.6) is 0 Å². The number of aryl methyl sites for hydroxylation is 1. The van der Waals surface area contributed by atoms with Crippen molar-refractivity contribution in [1.82, 2.24) is 9.97 Å². The summed E-state index contributed by atoms with van der Waals surface area (Å²) in [6, 6.07) is 20.5. The fourth-order valence-electron chi connectivity index (χ4n) is 2.95. The van der Waals surface area contributed by atoms with Crippen LogP contribution in [0.1, 0.15) is 11.3 Å². The zero-order valence-corrected chi connectivity index (χ0v) is 13.0. The number of nitrogens with zero attached hydrogens (tertiary/aromatic N) is 3. The maximum atomic E-state index is 4.71. The van der Waals surface area contributed by atoms with Gasteiger partial charge in [-0.3, -0.25) is 0 Å². The molecule has 0 unspecified atom stereocenters. The average Bonchev–Trinajstić information content (AvgIpc) is 2.99. The number of nitrogens with one attached hydrogen (secondary N) is 1. The molecule has 114 valence electrons. The molecule has 2 aromatic carbocycles. The van der Waals surface area contributed by atoms with E-state index < -0.39 is 0 Å². The Morgan fingerprint density at radius 2 is 1.74 bits per heavy atom. The van der Waals surface area contributed by atoms with Gasteiger partial charge in [0.2, 0.25) is 5.95 Å². The molecule has 4 nitrogen and oxygen atoms in total. The first-order valence-corrected chi connectivity index (χ1v) is 7.83. The van der Waals surface area contributed by atoms with Gasteiger partial charge >= 0.3 is 0 Å². The highest BCUT2D eigenvalue weighted by Crippen LogP contribution is 2.33. The molecule has 0 bridgehead atoms. The van der Waals surface area contributed by atoms with E-state index in [0.717, 1.165) is 36.1 Å². The Morgan fingerprint density at radius 1 is 0.957 bits per heavy atom. The van der Waals surface area contributed by atoms with E-state index in [1.165, 1.54) is 11.3 Å². The van der Waals surface area contributed by atoms with Crippen LogP contribution in [0, 0.1) is 6.92 Å². The van der Waals surface area contributed by atoms with E-state index in [9.17, 15) is 0 Å². The summed E-state index contributed by atoms with van der Waals surface area (Å²) in [5.74, 6) is 1.58. The van der Waals surface area contributed by atoms with Gasteiger partial charge in [0, 0.05) is 29.7 Å². The Labute approximate surface area is 135 Å². The molecule has 1 aromatic heterocycles. The van der Waals surface area contributed by atoms with Crippen LogP contribution < -0.4 is 10.2 Å². The highest BCUT2D eigenvalue weighted by Gasteiger charge is 2.22. The van der Waals surface area contributed by atoms with Gasteiger partial charge in [0.1, 0.15) is 5.82 Å². The number of para-hydroxylation sites is 2. The third-order valence-electron chi connectivity index (χ3n) is 4.02. The van der Waals surface area contributed by atoms with Crippen molar-refractivity contribution in [1.29, 1.82) is 0 Å². The largest absolute Gasteiger partial charge is 0.340 e. The first-order valence-electron chi connectivity index (χ1n) is 7.83.